The number of nitrogens with zero attached hydrogens (tertiary/aromatic N) is 1. The van der Waals surface area contributed by atoms with Crippen molar-refractivity contribution in [2.45, 2.75) is 37.4 Å². The summed E-state index contributed by atoms with van der Waals surface area (Å²) in [5.41, 5.74) is 5.29. The van der Waals surface area contributed by atoms with Gasteiger partial charge in [-0.3, -0.25) is 19.1 Å². The van der Waals surface area contributed by atoms with Crippen LogP contribution in [0.2, 0.25) is 0 Å². The van der Waals surface area contributed by atoms with Gasteiger partial charge in [0.2, 0.25) is 0 Å². The Labute approximate surface area is 169 Å². The van der Waals surface area contributed by atoms with Gasteiger partial charge < -0.3 is 0 Å². The van der Waals surface area contributed by atoms with E-state index in [1.54, 1.807) is 12.4 Å². The van der Waals surface area contributed by atoms with Crippen molar-refractivity contribution in [2.24, 2.45) is 5.92 Å². The third kappa shape index (κ3) is 5.11. The number of hydrogen-bond acceptors (Lipinski definition) is 4. The Hall–Kier alpha value is -1.94. The van der Waals surface area contributed by atoms with E-state index in [1.165, 1.54) is 30.2 Å². The summed E-state index contributed by atoms with van der Waals surface area (Å²) in [6.45, 7) is 3.98. The second-order valence-corrected chi connectivity index (χ2v) is 9.59. The highest BCUT2D eigenvalue weighted by Crippen LogP contribution is 2.28. The molecule has 2 aliphatic rings. The van der Waals surface area contributed by atoms with Gasteiger partial charge in [-0.25, -0.2) is 5.48 Å². The lowest BCUT2D eigenvalue weighted by Gasteiger charge is -2.31. The molecule has 1 aliphatic heterocycles. The topological polar surface area (TPSA) is 69.6 Å². The number of carbonyl (C=O) groups is 1. The van der Waals surface area contributed by atoms with E-state index in [-0.39, 0.29) is 0 Å². The predicted octanol–water partition coefficient (Wildman–Crippen LogP) is 2.57. The Morgan fingerprint density at radius 3 is 2.61 bits per heavy atom. The van der Waals surface area contributed by atoms with Crippen LogP contribution in [0, 0.1) is 17.8 Å². The van der Waals surface area contributed by atoms with E-state index in [2.05, 4.69) is 47.1 Å². The number of amides is 1. The van der Waals surface area contributed by atoms with Gasteiger partial charge in [0.05, 0.1) is 0 Å². The Balaban J connectivity index is 1.56. The van der Waals surface area contributed by atoms with Gasteiger partial charge in [-0.1, -0.05) is 30.0 Å². The molecule has 28 heavy (non-hydrogen) atoms. The number of benzene rings is 1. The number of hydrogen-bond donors (Lipinski definition) is 2. The average Bonchev–Trinajstić information content (AvgIpc) is 3.55. The molecule has 2 N–H and O–H groups in total. The summed E-state index contributed by atoms with van der Waals surface area (Å²) in [6.07, 6.45) is 7.58. The van der Waals surface area contributed by atoms with Gasteiger partial charge in [-0.05, 0) is 55.9 Å². The summed E-state index contributed by atoms with van der Waals surface area (Å²) in [5.74, 6) is 6.55. The molecular weight excluding hydrogens is 372 g/mol. The minimum atomic E-state index is -1.37. The molecule has 1 aromatic rings. The summed E-state index contributed by atoms with van der Waals surface area (Å²) in [5, 5.41) is 8.93. The zero-order valence-electron chi connectivity index (χ0n) is 16.5. The molecule has 3 rings (SSSR count). The zero-order valence-corrected chi connectivity index (χ0v) is 17.3. The fourth-order valence-electron chi connectivity index (χ4n) is 3.23. The molecule has 0 bridgehead atoms. The lowest BCUT2D eigenvalue weighted by molar-refractivity contribution is -0.131. The number of rotatable bonds is 6. The Morgan fingerprint density at radius 2 is 2.07 bits per heavy atom. The van der Waals surface area contributed by atoms with Crippen LogP contribution in [0.25, 0.3) is 5.57 Å². The van der Waals surface area contributed by atoms with Crippen molar-refractivity contribution >= 4 is 22.3 Å². The van der Waals surface area contributed by atoms with E-state index in [1.807, 2.05) is 0 Å². The highest BCUT2D eigenvalue weighted by molar-refractivity contribution is 7.86. The van der Waals surface area contributed by atoms with Gasteiger partial charge in [0, 0.05) is 48.2 Å². The van der Waals surface area contributed by atoms with Crippen LogP contribution in [0.3, 0.4) is 0 Å². The minimum absolute atomic E-state index is 0.431. The number of nitrogens with one attached hydrogen (secondary N) is 1. The first kappa shape index (κ1) is 20.8. The molecule has 1 aromatic carbocycles. The van der Waals surface area contributed by atoms with Gasteiger partial charge in [-0.2, -0.15) is 0 Å². The summed E-state index contributed by atoms with van der Waals surface area (Å²) in [6, 6.07) is 8.46. The van der Waals surface area contributed by atoms with Crippen LogP contribution in [0.15, 0.2) is 30.3 Å². The molecule has 1 fully saturated rings. The van der Waals surface area contributed by atoms with Crippen LogP contribution >= 0.6 is 0 Å². The maximum Gasteiger partial charge on any atom is 0.261 e. The van der Waals surface area contributed by atoms with Crippen molar-refractivity contribution in [3.8, 4) is 11.8 Å². The van der Waals surface area contributed by atoms with Crippen molar-refractivity contribution in [2.75, 3.05) is 25.9 Å². The van der Waals surface area contributed by atoms with Gasteiger partial charge in [-0.15, -0.1) is 0 Å². The highest BCUT2D eigenvalue weighted by atomic mass is 32.2. The molecule has 150 valence electrons. The van der Waals surface area contributed by atoms with Gasteiger partial charge in [0.25, 0.3) is 5.91 Å². The van der Waals surface area contributed by atoms with Crippen molar-refractivity contribution in [1.29, 1.82) is 0 Å². The molecule has 0 spiro atoms. The lowest BCUT2D eigenvalue weighted by Crippen LogP contribution is -2.48. The SMILES string of the molecule is CS(=O)C(C)(CCN1CC=C(c2ccc(C#CC3CC3)cc2)CC1)C(=O)NO. The van der Waals surface area contributed by atoms with Gasteiger partial charge >= 0.3 is 0 Å². The fourth-order valence-corrected chi connectivity index (χ4v) is 3.92. The summed E-state index contributed by atoms with van der Waals surface area (Å²) in [7, 11) is -1.37. The summed E-state index contributed by atoms with van der Waals surface area (Å²) in [4.78, 5) is 14.2. The second-order valence-electron chi connectivity index (χ2n) is 7.78. The van der Waals surface area contributed by atoms with Crippen molar-refractivity contribution in [3.63, 3.8) is 0 Å². The first-order valence-corrected chi connectivity index (χ1v) is 11.3. The molecule has 6 heteroatoms. The molecule has 1 aliphatic carbocycles. The maximum atomic E-state index is 12.0. The van der Waals surface area contributed by atoms with Gasteiger partial charge in [0.15, 0.2) is 0 Å². The van der Waals surface area contributed by atoms with E-state index in [9.17, 15) is 9.00 Å². The Bertz CT molecular complexity index is 834. The standard InChI is InChI=1S/C22H28N2O3S/c1-22(28(2)27,21(25)23-26)13-16-24-14-11-20(12-15-24)19-9-7-18(8-10-19)6-5-17-3-4-17/h7-11,17,26H,3-4,12-16H2,1-2H3,(H,23,25). The molecule has 1 amide bonds. The third-order valence-electron chi connectivity index (χ3n) is 5.67. The first-order valence-electron chi connectivity index (χ1n) is 9.74. The van der Waals surface area contributed by atoms with Crippen molar-refractivity contribution in [1.82, 2.24) is 10.4 Å². The minimum Gasteiger partial charge on any atom is -0.299 e. The molecule has 0 radical (unpaired) electrons. The Kier molecular flexibility index (Phi) is 6.71. The normalized spacial score (nSPS) is 20.3. The largest absolute Gasteiger partial charge is 0.299 e. The first-order chi connectivity index (χ1) is 13.4. The monoisotopic (exact) mass is 400 g/mol. The summed E-state index contributed by atoms with van der Waals surface area (Å²) >= 11 is 0. The number of carbonyl (C=O) groups excluding carboxylic acids is 1. The lowest BCUT2D eigenvalue weighted by atomic mass is 9.98. The van der Waals surface area contributed by atoms with Crippen molar-refractivity contribution in [3.05, 3.63) is 41.5 Å². The number of hydroxylamine groups is 1. The maximum absolute atomic E-state index is 12.0. The quantitative estimate of drug-likeness (QED) is 0.437. The van der Waals surface area contributed by atoms with Crippen LogP contribution in [0.4, 0.5) is 0 Å². The van der Waals surface area contributed by atoms with Crippen LogP contribution < -0.4 is 5.48 Å². The molecule has 2 unspecified atom stereocenters. The molecule has 5 nitrogen and oxygen atoms in total. The van der Waals surface area contributed by atoms with E-state index in [0.29, 0.717) is 18.9 Å². The second kappa shape index (κ2) is 9.04. The van der Waals surface area contributed by atoms with Crippen LogP contribution in [-0.4, -0.2) is 50.9 Å². The highest BCUT2D eigenvalue weighted by Gasteiger charge is 2.37. The smallest absolute Gasteiger partial charge is 0.261 e. The fraction of sp³-hybridized carbons (Fsp3) is 0.500. The zero-order chi connectivity index (χ0) is 20.1. The summed E-state index contributed by atoms with van der Waals surface area (Å²) < 4.78 is 10.9. The molecule has 0 aromatic heterocycles. The molecule has 1 heterocycles. The third-order valence-corrected chi connectivity index (χ3v) is 7.33. The van der Waals surface area contributed by atoms with Crippen LogP contribution in [-0.2, 0) is 15.6 Å². The molecule has 1 saturated carbocycles. The van der Waals surface area contributed by atoms with Crippen molar-refractivity contribution < 1.29 is 14.2 Å². The van der Waals surface area contributed by atoms with E-state index in [4.69, 9.17) is 5.21 Å². The molecule has 0 saturated heterocycles. The van der Waals surface area contributed by atoms with E-state index in [0.717, 1.165) is 25.1 Å². The van der Waals surface area contributed by atoms with Crippen LogP contribution in [0.5, 0.6) is 0 Å². The van der Waals surface area contributed by atoms with E-state index >= 15 is 0 Å². The molecule has 2 atom stereocenters. The predicted molar refractivity (Wildman–Crippen MR) is 112 cm³/mol. The van der Waals surface area contributed by atoms with Gasteiger partial charge in [0.1, 0.15) is 4.75 Å². The van der Waals surface area contributed by atoms with E-state index < -0.39 is 21.5 Å². The molecular formula is C22H28N2O3S. The Morgan fingerprint density at radius 1 is 1.36 bits per heavy atom. The average molecular weight is 401 g/mol. The van der Waals surface area contributed by atoms with Crippen LogP contribution in [0.1, 0.15) is 43.7 Å².